The van der Waals surface area contributed by atoms with Gasteiger partial charge >= 0.3 is 17.9 Å². The fraction of sp³-hybridized carbons (Fsp3) is 0.854. The Bertz CT molecular complexity index is 1630. The third-order valence-electron chi connectivity index (χ3n) is 17.3. The van der Waals surface area contributed by atoms with Crippen molar-refractivity contribution in [1.82, 2.24) is 15.0 Å². The summed E-state index contributed by atoms with van der Waals surface area (Å²) >= 11 is 0. The van der Waals surface area contributed by atoms with Crippen LogP contribution in [0.3, 0.4) is 0 Å². The zero-order valence-corrected chi connectivity index (χ0v) is 37.1. The smallest absolute Gasteiger partial charge is 0.328 e. The van der Waals surface area contributed by atoms with Crippen LogP contribution in [0.1, 0.15) is 196 Å². The van der Waals surface area contributed by atoms with E-state index in [1.807, 2.05) is 0 Å². The van der Waals surface area contributed by atoms with Crippen LogP contribution in [-0.2, 0) is 37.0 Å². The first-order valence-corrected chi connectivity index (χ1v) is 23.1. The van der Waals surface area contributed by atoms with Gasteiger partial charge in [-0.3, -0.25) is 14.4 Å². The van der Waals surface area contributed by atoms with Crippen molar-refractivity contribution in [2.24, 2.45) is 50.2 Å². The number of esters is 2. The standard InChI is InChI=1S/C48H77N3O6/c1-9-10-11-12-13-14-15-16-17-18-41(54)56-33-34-31-51(50-49-34)32-42(55)57-39-22-23-45(6)37(44(39,4)5)21-24-47(8)38(45)20-19-35-36-29-43(2,3)25-27-48(36,30-40(52)53)28-26-46(35,47)7/h19,31,36-39H,9-18,20-30,32-33H2,1-8H3,(H,52,53)/t36-,37?,38-,39+,45+,46-,47-,48-/m1/s1. The molecule has 0 bridgehead atoms. The minimum Gasteiger partial charge on any atom is -0.481 e. The number of ether oxygens (including phenoxy) is 2. The lowest BCUT2D eigenvalue weighted by Gasteiger charge is -2.71. The summed E-state index contributed by atoms with van der Waals surface area (Å²) in [4.78, 5) is 38.1. The summed E-state index contributed by atoms with van der Waals surface area (Å²) in [5.74, 6) is 0.113. The molecule has 0 spiro atoms. The number of carbonyl (C=O) groups excluding carboxylic acids is 2. The molecule has 1 aromatic heterocycles. The number of aliphatic carboxylic acids is 1. The molecule has 1 heterocycles. The summed E-state index contributed by atoms with van der Waals surface area (Å²) in [5, 5.41) is 18.4. The number of aromatic nitrogens is 3. The van der Waals surface area contributed by atoms with Crippen LogP contribution in [0.15, 0.2) is 17.8 Å². The van der Waals surface area contributed by atoms with Crippen LogP contribution in [0.25, 0.3) is 0 Å². The Labute approximate surface area is 344 Å². The van der Waals surface area contributed by atoms with Crippen molar-refractivity contribution in [3.8, 4) is 0 Å². The number of carboxylic acids is 1. The topological polar surface area (TPSA) is 121 Å². The molecular formula is C48H77N3O6. The van der Waals surface area contributed by atoms with Gasteiger partial charge in [-0.15, -0.1) is 5.10 Å². The second-order valence-electron chi connectivity index (χ2n) is 21.6. The average molecular weight is 792 g/mol. The van der Waals surface area contributed by atoms with Crippen LogP contribution in [0.5, 0.6) is 0 Å². The van der Waals surface area contributed by atoms with Gasteiger partial charge in [-0.1, -0.05) is 124 Å². The highest BCUT2D eigenvalue weighted by Gasteiger charge is 2.68. The van der Waals surface area contributed by atoms with Crippen molar-refractivity contribution in [3.63, 3.8) is 0 Å². The highest BCUT2D eigenvalue weighted by Crippen LogP contribution is 2.76. The Morgan fingerprint density at radius 2 is 1.51 bits per heavy atom. The number of nitrogens with zero attached hydrogens (tertiary/aromatic N) is 3. The van der Waals surface area contributed by atoms with Crippen molar-refractivity contribution < 1.29 is 29.0 Å². The predicted octanol–water partition coefficient (Wildman–Crippen LogP) is 11.4. The number of carboxylic acid groups (broad SMARTS) is 1. The molecule has 4 fully saturated rings. The molecule has 9 nitrogen and oxygen atoms in total. The van der Waals surface area contributed by atoms with Crippen molar-refractivity contribution in [3.05, 3.63) is 23.5 Å². The molecule has 57 heavy (non-hydrogen) atoms. The lowest BCUT2D eigenvalue weighted by Crippen LogP contribution is -2.65. The van der Waals surface area contributed by atoms with Gasteiger partial charge < -0.3 is 14.6 Å². The first-order valence-electron chi connectivity index (χ1n) is 23.1. The minimum absolute atomic E-state index is 0.0259. The summed E-state index contributed by atoms with van der Waals surface area (Å²) in [6.07, 6.45) is 26.1. The molecule has 0 aromatic carbocycles. The Morgan fingerprint density at radius 3 is 2.21 bits per heavy atom. The molecule has 5 aliphatic rings. The SMILES string of the molecule is CCCCCCCCCCCC(=O)OCc1cn(CC(=O)O[C@H]2CC[C@@]3(C)C(CC[C@]4(C)[C@@H]3CC=C3[C@H]5CC(C)(C)CC[C@]5(CC(=O)O)CC[C@]34C)C2(C)C)nn1. The molecular weight excluding hydrogens is 715 g/mol. The van der Waals surface area contributed by atoms with E-state index in [1.165, 1.54) is 43.2 Å². The van der Waals surface area contributed by atoms with Gasteiger partial charge in [0.25, 0.3) is 0 Å². The molecule has 0 radical (unpaired) electrons. The van der Waals surface area contributed by atoms with E-state index < -0.39 is 5.97 Å². The Morgan fingerprint density at radius 1 is 0.825 bits per heavy atom. The summed E-state index contributed by atoms with van der Waals surface area (Å²) in [5.41, 5.74) is 2.33. The van der Waals surface area contributed by atoms with E-state index in [0.29, 0.717) is 36.3 Å². The third-order valence-corrected chi connectivity index (χ3v) is 17.3. The van der Waals surface area contributed by atoms with Crippen molar-refractivity contribution in [2.45, 2.75) is 209 Å². The first kappa shape index (κ1) is 43.9. The van der Waals surface area contributed by atoms with Crippen LogP contribution in [-0.4, -0.2) is 44.1 Å². The predicted molar refractivity (Wildman–Crippen MR) is 223 cm³/mol. The Kier molecular flexibility index (Phi) is 13.2. The molecule has 1 unspecified atom stereocenters. The minimum atomic E-state index is -0.639. The van der Waals surface area contributed by atoms with Crippen molar-refractivity contribution in [2.75, 3.05) is 0 Å². The lowest BCUT2D eigenvalue weighted by atomic mass is 9.33. The Hall–Kier alpha value is -2.71. The van der Waals surface area contributed by atoms with E-state index in [2.05, 4.69) is 71.8 Å². The van der Waals surface area contributed by atoms with Crippen LogP contribution in [0.2, 0.25) is 0 Å². The largest absolute Gasteiger partial charge is 0.481 e. The summed E-state index contributed by atoms with van der Waals surface area (Å²) < 4.78 is 13.3. The molecule has 4 saturated carbocycles. The zero-order valence-electron chi connectivity index (χ0n) is 37.1. The second kappa shape index (κ2) is 17.1. The molecule has 320 valence electrons. The van der Waals surface area contributed by atoms with Gasteiger partial charge in [0.15, 0.2) is 0 Å². The molecule has 1 aromatic rings. The van der Waals surface area contributed by atoms with Gasteiger partial charge in [-0.05, 0) is 115 Å². The summed E-state index contributed by atoms with van der Waals surface area (Å²) in [6, 6.07) is 0. The van der Waals surface area contributed by atoms with E-state index in [0.717, 1.165) is 83.5 Å². The molecule has 6 rings (SSSR count). The molecule has 8 atom stereocenters. The molecule has 5 aliphatic carbocycles. The van der Waals surface area contributed by atoms with Gasteiger partial charge in [0.1, 0.15) is 24.9 Å². The lowest BCUT2D eigenvalue weighted by molar-refractivity contribution is -0.213. The fourth-order valence-electron chi connectivity index (χ4n) is 13.8. The van der Waals surface area contributed by atoms with Gasteiger partial charge in [0, 0.05) is 11.8 Å². The number of fused-ring (bicyclic) bond motifs is 7. The van der Waals surface area contributed by atoms with Crippen molar-refractivity contribution in [1.29, 1.82) is 0 Å². The maximum Gasteiger partial charge on any atom is 0.328 e. The van der Waals surface area contributed by atoms with E-state index >= 15 is 0 Å². The number of hydrogen-bond donors (Lipinski definition) is 1. The van der Waals surface area contributed by atoms with Crippen LogP contribution in [0.4, 0.5) is 0 Å². The van der Waals surface area contributed by atoms with Crippen molar-refractivity contribution >= 4 is 17.9 Å². The quantitative estimate of drug-likeness (QED) is 0.0940. The monoisotopic (exact) mass is 792 g/mol. The number of carbonyl (C=O) groups is 3. The highest BCUT2D eigenvalue weighted by molar-refractivity contribution is 5.70. The van der Waals surface area contributed by atoms with Crippen LogP contribution < -0.4 is 0 Å². The van der Waals surface area contributed by atoms with E-state index in [-0.39, 0.29) is 63.7 Å². The maximum absolute atomic E-state index is 13.4. The number of hydrogen-bond acceptors (Lipinski definition) is 7. The number of allylic oxidation sites excluding steroid dienone is 2. The number of unbranched alkanes of at least 4 members (excludes halogenated alkanes) is 8. The van der Waals surface area contributed by atoms with E-state index in [4.69, 9.17) is 9.47 Å². The maximum atomic E-state index is 13.4. The summed E-state index contributed by atoms with van der Waals surface area (Å²) in [7, 11) is 0. The molecule has 0 aliphatic heterocycles. The molecule has 0 saturated heterocycles. The zero-order chi connectivity index (χ0) is 41.3. The molecule has 0 amide bonds. The van der Waals surface area contributed by atoms with E-state index in [9.17, 15) is 19.5 Å². The van der Waals surface area contributed by atoms with E-state index in [1.54, 1.807) is 11.8 Å². The first-order chi connectivity index (χ1) is 26.9. The van der Waals surface area contributed by atoms with Crippen LogP contribution >= 0.6 is 0 Å². The van der Waals surface area contributed by atoms with Gasteiger partial charge in [-0.25, -0.2) is 4.68 Å². The second-order valence-corrected chi connectivity index (χ2v) is 21.6. The van der Waals surface area contributed by atoms with Crippen LogP contribution in [0, 0.1) is 50.2 Å². The average Bonchev–Trinajstić information content (AvgIpc) is 3.58. The van der Waals surface area contributed by atoms with Gasteiger partial charge in [0.05, 0.1) is 12.6 Å². The number of rotatable bonds is 17. The van der Waals surface area contributed by atoms with Gasteiger partial charge in [-0.2, -0.15) is 0 Å². The Balaban J connectivity index is 1.03. The fourth-order valence-corrected chi connectivity index (χ4v) is 13.8. The third kappa shape index (κ3) is 8.79. The summed E-state index contributed by atoms with van der Waals surface area (Å²) in [6.45, 7) is 19.4. The molecule has 1 N–H and O–H groups in total. The highest BCUT2D eigenvalue weighted by atomic mass is 16.5. The molecule has 9 heteroatoms. The normalized spacial score (nSPS) is 35.1. The van der Waals surface area contributed by atoms with Gasteiger partial charge in [0.2, 0.25) is 0 Å².